The van der Waals surface area contributed by atoms with Crippen molar-refractivity contribution in [2.75, 3.05) is 0 Å². The van der Waals surface area contributed by atoms with Gasteiger partial charge in [0.05, 0.1) is 11.2 Å². The molecule has 0 atom stereocenters. The van der Waals surface area contributed by atoms with E-state index < -0.39 is 0 Å². The lowest BCUT2D eigenvalue weighted by Crippen LogP contribution is -2.22. The molecule has 3 heteroatoms. The van der Waals surface area contributed by atoms with Crippen LogP contribution in [0.2, 0.25) is 0 Å². The van der Waals surface area contributed by atoms with Crippen molar-refractivity contribution in [3.05, 3.63) is 18.0 Å². The zero-order valence-corrected chi connectivity index (χ0v) is 8.72. The SMILES string of the molecule is CC(C)(C)n1ccc(CBr)n1. The average Bonchev–Trinajstić information content (AvgIpc) is 2.32. The highest BCUT2D eigenvalue weighted by Gasteiger charge is 2.12. The summed E-state index contributed by atoms with van der Waals surface area (Å²) in [5.41, 5.74) is 1.18. The number of hydrogen-bond acceptors (Lipinski definition) is 1. The van der Waals surface area contributed by atoms with Gasteiger partial charge in [0.2, 0.25) is 0 Å². The second kappa shape index (κ2) is 2.97. The van der Waals surface area contributed by atoms with E-state index in [1.165, 1.54) is 0 Å². The Morgan fingerprint density at radius 3 is 2.45 bits per heavy atom. The maximum absolute atomic E-state index is 4.37. The standard InChI is InChI=1S/C8H13BrN2/c1-8(2,3)11-5-4-7(6-9)10-11/h4-5H,6H2,1-3H3. The van der Waals surface area contributed by atoms with Crippen molar-refractivity contribution in [3.63, 3.8) is 0 Å². The fraction of sp³-hybridized carbons (Fsp3) is 0.625. The summed E-state index contributed by atoms with van der Waals surface area (Å²) in [4.78, 5) is 0. The van der Waals surface area contributed by atoms with E-state index >= 15 is 0 Å². The lowest BCUT2D eigenvalue weighted by molar-refractivity contribution is 0.354. The molecule has 1 aromatic heterocycles. The molecule has 0 aliphatic heterocycles. The van der Waals surface area contributed by atoms with Gasteiger partial charge >= 0.3 is 0 Å². The summed E-state index contributed by atoms with van der Waals surface area (Å²) in [6, 6.07) is 2.03. The quantitative estimate of drug-likeness (QED) is 0.661. The molecule has 0 unspecified atom stereocenters. The molecule has 0 bridgehead atoms. The van der Waals surface area contributed by atoms with Crippen LogP contribution in [0.5, 0.6) is 0 Å². The van der Waals surface area contributed by atoms with Crippen LogP contribution in [0, 0.1) is 0 Å². The van der Waals surface area contributed by atoms with Crippen LogP contribution in [0.15, 0.2) is 12.3 Å². The van der Waals surface area contributed by atoms with E-state index in [1.807, 2.05) is 16.9 Å². The molecule has 0 aromatic carbocycles. The van der Waals surface area contributed by atoms with E-state index in [2.05, 4.69) is 41.8 Å². The Bertz CT molecular complexity index is 234. The van der Waals surface area contributed by atoms with Crippen LogP contribution < -0.4 is 0 Å². The molecule has 1 rings (SSSR count). The van der Waals surface area contributed by atoms with Crippen LogP contribution in [0.3, 0.4) is 0 Å². The molecule has 0 aliphatic carbocycles. The Labute approximate surface area is 75.7 Å². The van der Waals surface area contributed by atoms with Crippen LogP contribution in [0.1, 0.15) is 26.5 Å². The Morgan fingerprint density at radius 2 is 2.18 bits per heavy atom. The minimum Gasteiger partial charge on any atom is -0.267 e. The maximum atomic E-state index is 4.37. The van der Waals surface area contributed by atoms with Gasteiger partial charge in [-0.15, -0.1) is 0 Å². The fourth-order valence-corrected chi connectivity index (χ4v) is 1.11. The van der Waals surface area contributed by atoms with Crippen molar-refractivity contribution < 1.29 is 0 Å². The van der Waals surface area contributed by atoms with Crippen LogP contribution >= 0.6 is 15.9 Å². The molecule has 0 aliphatic rings. The minimum absolute atomic E-state index is 0.0976. The van der Waals surface area contributed by atoms with Crippen molar-refractivity contribution in [1.82, 2.24) is 9.78 Å². The third-order valence-electron chi connectivity index (χ3n) is 1.47. The zero-order chi connectivity index (χ0) is 8.48. The van der Waals surface area contributed by atoms with Gasteiger partial charge in [0.1, 0.15) is 0 Å². The molecule has 0 spiro atoms. The van der Waals surface area contributed by atoms with E-state index in [0.717, 1.165) is 11.0 Å². The predicted octanol–water partition coefficient (Wildman–Crippen LogP) is 2.53. The van der Waals surface area contributed by atoms with Gasteiger partial charge in [-0.1, -0.05) is 15.9 Å². The first-order valence-corrected chi connectivity index (χ1v) is 4.77. The number of nitrogens with zero attached hydrogens (tertiary/aromatic N) is 2. The molecule has 0 fully saturated rings. The Kier molecular flexibility index (Phi) is 2.37. The molecular weight excluding hydrogens is 204 g/mol. The maximum Gasteiger partial charge on any atom is 0.0730 e. The van der Waals surface area contributed by atoms with Gasteiger partial charge in [-0.3, -0.25) is 4.68 Å². The Morgan fingerprint density at radius 1 is 1.55 bits per heavy atom. The number of rotatable bonds is 1. The molecule has 11 heavy (non-hydrogen) atoms. The summed E-state index contributed by atoms with van der Waals surface area (Å²) in [7, 11) is 0. The Balaban J connectivity index is 2.89. The first kappa shape index (κ1) is 8.78. The first-order valence-electron chi connectivity index (χ1n) is 3.65. The third kappa shape index (κ3) is 2.06. The molecule has 0 saturated carbocycles. The van der Waals surface area contributed by atoms with Gasteiger partial charge in [-0.25, -0.2) is 0 Å². The van der Waals surface area contributed by atoms with Crippen LogP contribution in [0.4, 0.5) is 0 Å². The van der Waals surface area contributed by atoms with Crippen molar-refractivity contribution in [2.45, 2.75) is 31.6 Å². The smallest absolute Gasteiger partial charge is 0.0730 e. The topological polar surface area (TPSA) is 17.8 Å². The summed E-state index contributed by atoms with van der Waals surface area (Å²) < 4.78 is 1.98. The van der Waals surface area contributed by atoms with Crippen molar-refractivity contribution in [3.8, 4) is 0 Å². The number of halogens is 1. The van der Waals surface area contributed by atoms with Crippen LogP contribution in [0.25, 0.3) is 0 Å². The van der Waals surface area contributed by atoms with Crippen molar-refractivity contribution in [1.29, 1.82) is 0 Å². The lowest BCUT2D eigenvalue weighted by Gasteiger charge is -2.18. The third-order valence-corrected chi connectivity index (χ3v) is 2.04. The minimum atomic E-state index is 0.0976. The van der Waals surface area contributed by atoms with Gasteiger partial charge < -0.3 is 0 Å². The van der Waals surface area contributed by atoms with Crippen molar-refractivity contribution in [2.24, 2.45) is 0 Å². The van der Waals surface area contributed by atoms with Crippen LogP contribution in [-0.4, -0.2) is 9.78 Å². The van der Waals surface area contributed by atoms with Gasteiger partial charge in [0.25, 0.3) is 0 Å². The molecule has 1 heterocycles. The van der Waals surface area contributed by atoms with E-state index in [-0.39, 0.29) is 5.54 Å². The summed E-state index contributed by atoms with van der Waals surface area (Å²) >= 11 is 3.36. The molecule has 0 saturated heterocycles. The summed E-state index contributed by atoms with van der Waals surface area (Å²) in [5.74, 6) is 0. The lowest BCUT2D eigenvalue weighted by atomic mass is 10.1. The van der Waals surface area contributed by atoms with Crippen molar-refractivity contribution >= 4 is 15.9 Å². The van der Waals surface area contributed by atoms with Crippen LogP contribution in [-0.2, 0) is 10.9 Å². The highest BCUT2D eigenvalue weighted by atomic mass is 79.9. The predicted molar refractivity (Wildman–Crippen MR) is 49.9 cm³/mol. The average molecular weight is 217 g/mol. The monoisotopic (exact) mass is 216 g/mol. The zero-order valence-electron chi connectivity index (χ0n) is 7.13. The van der Waals surface area contributed by atoms with Gasteiger partial charge in [0.15, 0.2) is 0 Å². The first-order chi connectivity index (χ1) is 5.04. The number of alkyl halides is 1. The Hall–Kier alpha value is -0.310. The summed E-state index contributed by atoms with van der Waals surface area (Å²) in [6.07, 6.45) is 2.01. The van der Waals surface area contributed by atoms with Gasteiger partial charge in [0, 0.05) is 11.5 Å². The van der Waals surface area contributed by atoms with Gasteiger partial charge in [-0.05, 0) is 26.8 Å². The van der Waals surface area contributed by atoms with E-state index in [4.69, 9.17) is 0 Å². The van der Waals surface area contributed by atoms with Gasteiger partial charge in [-0.2, -0.15) is 5.10 Å². The van der Waals surface area contributed by atoms with E-state index in [9.17, 15) is 0 Å². The molecule has 62 valence electrons. The molecule has 0 radical (unpaired) electrons. The second-order valence-corrected chi connectivity index (χ2v) is 4.12. The molecule has 0 amide bonds. The highest BCUT2D eigenvalue weighted by molar-refractivity contribution is 9.08. The molecular formula is C8H13BrN2. The number of hydrogen-bond donors (Lipinski definition) is 0. The summed E-state index contributed by atoms with van der Waals surface area (Å²) in [5, 5.41) is 5.20. The molecule has 2 nitrogen and oxygen atoms in total. The molecule has 0 N–H and O–H groups in total. The molecule has 1 aromatic rings. The second-order valence-electron chi connectivity index (χ2n) is 3.56. The van der Waals surface area contributed by atoms with E-state index in [1.54, 1.807) is 0 Å². The normalized spacial score (nSPS) is 12.0. The van der Waals surface area contributed by atoms with E-state index in [0.29, 0.717) is 0 Å². The summed E-state index contributed by atoms with van der Waals surface area (Å²) in [6.45, 7) is 6.41. The fourth-order valence-electron chi connectivity index (χ4n) is 0.807. The largest absolute Gasteiger partial charge is 0.267 e. The highest BCUT2D eigenvalue weighted by Crippen LogP contribution is 2.13. The number of aromatic nitrogens is 2.